The maximum absolute atomic E-state index is 12.2. The van der Waals surface area contributed by atoms with Crippen LogP contribution in [0.3, 0.4) is 0 Å². The Hall–Kier alpha value is -0.940. The van der Waals surface area contributed by atoms with Crippen LogP contribution in [0.5, 0.6) is 0 Å². The van der Waals surface area contributed by atoms with Crippen molar-refractivity contribution < 1.29 is 26.7 Å². The van der Waals surface area contributed by atoms with E-state index < -0.39 is 40.5 Å². The van der Waals surface area contributed by atoms with Gasteiger partial charge in [0.15, 0.2) is 0 Å². The zero-order valence-corrected chi connectivity index (χ0v) is 14.2. The van der Waals surface area contributed by atoms with E-state index in [2.05, 4.69) is 4.72 Å². The Balaban J connectivity index is 2.14. The van der Waals surface area contributed by atoms with Gasteiger partial charge >= 0.3 is 6.18 Å². The van der Waals surface area contributed by atoms with Gasteiger partial charge in [-0.2, -0.15) is 24.5 Å². The van der Waals surface area contributed by atoms with E-state index in [9.17, 15) is 26.7 Å². The molecule has 0 saturated heterocycles. The Kier molecular flexibility index (Phi) is 5.52. The normalized spacial score (nSPS) is 15.5. The first-order chi connectivity index (χ1) is 10.6. The molecule has 0 aliphatic heterocycles. The van der Waals surface area contributed by atoms with Crippen molar-refractivity contribution in [2.24, 2.45) is 0 Å². The highest BCUT2D eigenvalue weighted by Crippen LogP contribution is 2.33. The summed E-state index contributed by atoms with van der Waals surface area (Å²) in [4.78, 5) is 0.509. The minimum Gasteiger partial charge on any atom is -0.378 e. The van der Waals surface area contributed by atoms with Crippen LogP contribution >= 0.6 is 22.7 Å². The number of nitrogens with one attached hydrogen (secondary N) is 1. The zero-order chi connectivity index (χ0) is 17.1. The van der Waals surface area contributed by atoms with Gasteiger partial charge in [-0.1, -0.05) is 6.07 Å². The minimum atomic E-state index is -4.55. The summed E-state index contributed by atoms with van der Waals surface area (Å²) >= 11 is 2.57. The van der Waals surface area contributed by atoms with Gasteiger partial charge in [0, 0.05) is 17.0 Å². The van der Waals surface area contributed by atoms with Crippen molar-refractivity contribution in [3.8, 4) is 0 Å². The molecular weight excluding hydrogens is 371 g/mol. The van der Waals surface area contributed by atoms with Crippen LogP contribution in [-0.4, -0.2) is 32.0 Å². The van der Waals surface area contributed by atoms with Crippen LogP contribution in [0.2, 0.25) is 0 Å². The Morgan fingerprint density at radius 2 is 1.96 bits per heavy atom. The van der Waals surface area contributed by atoms with Gasteiger partial charge in [0.1, 0.15) is 5.60 Å². The van der Waals surface area contributed by atoms with Crippen molar-refractivity contribution in [2.45, 2.75) is 18.2 Å². The Bertz CT molecular complexity index is 675. The molecule has 1 atom stereocenters. The standard InChI is InChI=1S/C13H14F3NO3S3/c14-13(15,16)4-7-23(19,20)17-9-12(18,10-3-6-21-8-10)11-2-1-5-22-11/h1-3,5-6,8,17-18H,4,7,9H2. The maximum atomic E-state index is 12.2. The van der Waals surface area contributed by atoms with Gasteiger partial charge < -0.3 is 5.11 Å². The van der Waals surface area contributed by atoms with Gasteiger partial charge in [0.2, 0.25) is 10.0 Å². The Morgan fingerprint density at radius 1 is 1.22 bits per heavy atom. The van der Waals surface area contributed by atoms with E-state index in [0.717, 1.165) is 0 Å². The first-order valence-corrected chi connectivity index (χ1v) is 9.93. The highest BCUT2D eigenvalue weighted by Gasteiger charge is 2.35. The van der Waals surface area contributed by atoms with Crippen LogP contribution < -0.4 is 4.72 Å². The molecule has 0 bridgehead atoms. The summed E-state index contributed by atoms with van der Waals surface area (Å²) in [6.45, 7) is -0.426. The summed E-state index contributed by atoms with van der Waals surface area (Å²) in [5, 5.41) is 16.0. The lowest BCUT2D eigenvalue weighted by Gasteiger charge is -2.27. The first-order valence-electron chi connectivity index (χ1n) is 6.45. The molecular formula is C13H14F3NO3S3. The van der Waals surface area contributed by atoms with Crippen molar-refractivity contribution in [1.82, 2.24) is 4.72 Å². The van der Waals surface area contributed by atoms with Gasteiger partial charge in [-0.15, -0.1) is 11.3 Å². The summed E-state index contributed by atoms with van der Waals surface area (Å²) in [7, 11) is -4.15. The SMILES string of the molecule is O=S(=O)(CCC(F)(F)F)NCC(O)(c1ccsc1)c1cccs1. The van der Waals surface area contributed by atoms with Crippen LogP contribution in [0.15, 0.2) is 34.3 Å². The van der Waals surface area contributed by atoms with Gasteiger partial charge in [-0.3, -0.25) is 0 Å². The summed E-state index contributed by atoms with van der Waals surface area (Å²) in [6.07, 6.45) is -5.98. The predicted molar refractivity (Wildman–Crippen MR) is 84.1 cm³/mol. The second kappa shape index (κ2) is 6.89. The molecule has 4 nitrogen and oxygen atoms in total. The molecule has 0 aromatic carbocycles. The number of sulfonamides is 1. The number of hydrogen-bond donors (Lipinski definition) is 2. The summed E-state index contributed by atoms with van der Waals surface area (Å²) in [5.74, 6) is -1.07. The highest BCUT2D eigenvalue weighted by atomic mass is 32.2. The van der Waals surface area contributed by atoms with E-state index in [1.165, 1.54) is 22.7 Å². The fraction of sp³-hybridized carbons (Fsp3) is 0.385. The summed E-state index contributed by atoms with van der Waals surface area (Å²) in [5.41, 5.74) is -1.12. The van der Waals surface area contributed by atoms with E-state index in [0.29, 0.717) is 10.4 Å². The van der Waals surface area contributed by atoms with Crippen molar-refractivity contribution in [1.29, 1.82) is 0 Å². The smallest absolute Gasteiger partial charge is 0.378 e. The van der Waals surface area contributed by atoms with Crippen molar-refractivity contribution in [3.05, 3.63) is 44.8 Å². The molecule has 0 spiro atoms. The van der Waals surface area contributed by atoms with E-state index in [1.54, 1.807) is 34.3 Å². The third-order valence-corrected chi connectivity index (χ3v) is 6.16. The molecule has 23 heavy (non-hydrogen) atoms. The largest absolute Gasteiger partial charge is 0.390 e. The van der Waals surface area contributed by atoms with E-state index >= 15 is 0 Å². The number of hydrogen-bond acceptors (Lipinski definition) is 5. The zero-order valence-electron chi connectivity index (χ0n) is 11.7. The molecule has 1 unspecified atom stereocenters. The van der Waals surface area contributed by atoms with Crippen LogP contribution in [-0.2, 0) is 15.6 Å². The fourth-order valence-corrected chi connectivity index (χ4v) is 4.52. The quantitative estimate of drug-likeness (QED) is 0.770. The van der Waals surface area contributed by atoms with Crippen LogP contribution in [0.1, 0.15) is 16.9 Å². The molecule has 128 valence electrons. The number of thiophene rings is 2. The summed E-state index contributed by atoms with van der Waals surface area (Å²) < 4.78 is 62.1. The lowest BCUT2D eigenvalue weighted by molar-refractivity contribution is -0.129. The second-order valence-electron chi connectivity index (χ2n) is 4.85. The van der Waals surface area contributed by atoms with Crippen molar-refractivity contribution in [3.63, 3.8) is 0 Å². The van der Waals surface area contributed by atoms with Gasteiger partial charge in [-0.05, 0) is 28.3 Å². The Morgan fingerprint density at radius 3 is 2.48 bits per heavy atom. The molecule has 2 aromatic rings. The molecule has 10 heteroatoms. The van der Waals surface area contributed by atoms with E-state index in [-0.39, 0.29) is 0 Å². The molecule has 2 heterocycles. The number of alkyl halides is 3. The van der Waals surface area contributed by atoms with Crippen LogP contribution in [0.4, 0.5) is 13.2 Å². The number of rotatable bonds is 7. The molecule has 0 radical (unpaired) electrons. The minimum absolute atomic E-state index is 0.426. The third-order valence-electron chi connectivity index (χ3n) is 3.13. The van der Waals surface area contributed by atoms with Crippen molar-refractivity contribution >= 4 is 32.7 Å². The van der Waals surface area contributed by atoms with Crippen LogP contribution in [0, 0.1) is 0 Å². The van der Waals surface area contributed by atoms with Gasteiger partial charge in [-0.25, -0.2) is 13.1 Å². The first kappa shape index (κ1) is 18.4. The lowest BCUT2D eigenvalue weighted by atomic mass is 9.95. The molecule has 0 aliphatic rings. The average Bonchev–Trinajstić information content (AvgIpc) is 3.14. The third kappa shape index (κ3) is 5.01. The second-order valence-corrected chi connectivity index (χ2v) is 8.51. The maximum Gasteiger partial charge on any atom is 0.390 e. The molecule has 2 aromatic heterocycles. The number of halogens is 3. The molecule has 0 amide bonds. The van der Waals surface area contributed by atoms with Gasteiger partial charge in [0.25, 0.3) is 0 Å². The summed E-state index contributed by atoms with van der Waals surface area (Å²) in [6, 6.07) is 5.00. The molecule has 2 rings (SSSR count). The average molecular weight is 385 g/mol. The van der Waals surface area contributed by atoms with E-state index in [4.69, 9.17) is 0 Å². The van der Waals surface area contributed by atoms with E-state index in [1.807, 2.05) is 0 Å². The fourth-order valence-electron chi connectivity index (χ4n) is 1.88. The molecule has 0 fully saturated rings. The van der Waals surface area contributed by atoms with Crippen LogP contribution in [0.25, 0.3) is 0 Å². The van der Waals surface area contributed by atoms with Gasteiger partial charge in [0.05, 0.1) is 12.2 Å². The molecule has 0 aliphatic carbocycles. The highest BCUT2D eigenvalue weighted by molar-refractivity contribution is 7.89. The topological polar surface area (TPSA) is 66.4 Å². The molecule has 2 N–H and O–H groups in total. The number of aliphatic hydroxyl groups is 1. The lowest BCUT2D eigenvalue weighted by Crippen LogP contribution is -2.42. The monoisotopic (exact) mass is 385 g/mol. The predicted octanol–water partition coefficient (Wildman–Crippen LogP) is 2.92. The Labute approximate surface area is 139 Å². The van der Waals surface area contributed by atoms with Crippen molar-refractivity contribution in [2.75, 3.05) is 12.3 Å². The molecule has 0 saturated carbocycles.